The molecule has 6 heteroatoms. The minimum absolute atomic E-state index is 0.127. The molecule has 0 aliphatic carbocycles. The Hall–Kier alpha value is -2.18. The highest BCUT2D eigenvalue weighted by Crippen LogP contribution is 2.18. The Balaban J connectivity index is 2.08. The number of carbonyl (C=O) groups is 1. The quantitative estimate of drug-likeness (QED) is 0.813. The number of carbonyl (C=O) groups excluding carboxylic acids is 1. The van der Waals surface area contributed by atoms with Gasteiger partial charge in [0.05, 0.1) is 4.90 Å². The molecule has 3 N–H and O–H groups in total. The van der Waals surface area contributed by atoms with Crippen LogP contribution in [0.2, 0.25) is 0 Å². The Kier molecular flexibility index (Phi) is 6.21. The number of hydrogen-bond donors (Lipinski definition) is 2. The second-order valence-corrected chi connectivity index (χ2v) is 8.90. The number of aryl methyl sites for hydroxylation is 1. The molecule has 0 bridgehead atoms. The third kappa shape index (κ3) is 4.93. The van der Waals surface area contributed by atoms with Gasteiger partial charge in [-0.2, -0.15) is 0 Å². The van der Waals surface area contributed by atoms with Gasteiger partial charge >= 0.3 is 0 Å². The second-order valence-electron chi connectivity index (χ2n) is 6.89. The van der Waals surface area contributed by atoms with Crippen LogP contribution in [0.4, 0.5) is 0 Å². The van der Waals surface area contributed by atoms with Crippen LogP contribution in [-0.4, -0.2) is 27.1 Å². The summed E-state index contributed by atoms with van der Waals surface area (Å²) in [5, 5.41) is 2.80. The fourth-order valence-corrected chi connectivity index (χ4v) is 3.27. The summed E-state index contributed by atoms with van der Waals surface area (Å²) in [5.41, 5.74) is 9.41. The van der Waals surface area contributed by atoms with Gasteiger partial charge in [-0.05, 0) is 41.7 Å². The number of benzene rings is 2. The van der Waals surface area contributed by atoms with E-state index in [1.807, 2.05) is 24.3 Å². The Morgan fingerprint density at radius 1 is 1.08 bits per heavy atom. The van der Waals surface area contributed by atoms with Gasteiger partial charge in [0.25, 0.3) is 5.91 Å². The lowest BCUT2D eigenvalue weighted by atomic mass is 9.99. The molecule has 0 saturated heterocycles. The number of nitrogens with two attached hydrogens (primary N) is 1. The van der Waals surface area contributed by atoms with E-state index in [0.717, 1.165) is 11.8 Å². The number of rotatable bonds is 6. The molecule has 26 heavy (non-hydrogen) atoms. The molecule has 0 radical (unpaired) electrons. The Bertz CT molecular complexity index is 888. The third-order valence-corrected chi connectivity index (χ3v) is 5.51. The molecule has 5 nitrogen and oxygen atoms in total. The molecule has 0 aromatic heterocycles. The van der Waals surface area contributed by atoms with E-state index in [2.05, 4.69) is 19.2 Å². The lowest BCUT2D eigenvalue weighted by Crippen LogP contribution is -2.32. The van der Waals surface area contributed by atoms with Gasteiger partial charge in [0.2, 0.25) is 0 Å². The molecular weight excluding hydrogens is 348 g/mol. The Labute approximate surface area is 155 Å². The van der Waals surface area contributed by atoms with Crippen LogP contribution in [0.15, 0.2) is 47.4 Å². The van der Waals surface area contributed by atoms with Crippen LogP contribution in [0.3, 0.4) is 0 Å². The molecular formula is C20H26N2O3S. The average molecular weight is 375 g/mol. The highest BCUT2D eigenvalue weighted by molar-refractivity contribution is 7.90. The summed E-state index contributed by atoms with van der Waals surface area (Å²) in [7, 11) is -3.37. The topological polar surface area (TPSA) is 89.3 Å². The van der Waals surface area contributed by atoms with Gasteiger partial charge in [0.15, 0.2) is 9.84 Å². The largest absolute Gasteiger partial charge is 0.350 e. The molecule has 2 rings (SSSR count). The predicted octanol–water partition coefficient (Wildman–Crippen LogP) is 2.95. The summed E-state index contributed by atoms with van der Waals surface area (Å²) in [4.78, 5) is 12.6. The van der Waals surface area contributed by atoms with Gasteiger partial charge in [-0.25, -0.2) is 8.42 Å². The summed E-state index contributed by atoms with van der Waals surface area (Å²) >= 11 is 0. The SMILES string of the molecule is Cc1ccc(S(C)(=O)=O)cc1C(=O)NCC(N)c1ccc(C(C)C)cc1. The van der Waals surface area contributed by atoms with Crippen LogP contribution in [0.5, 0.6) is 0 Å². The van der Waals surface area contributed by atoms with Crippen LogP contribution in [0.25, 0.3) is 0 Å². The summed E-state index contributed by atoms with van der Waals surface area (Å²) in [5.74, 6) is 0.118. The maximum Gasteiger partial charge on any atom is 0.251 e. The van der Waals surface area contributed by atoms with Crippen molar-refractivity contribution in [2.24, 2.45) is 5.73 Å². The molecule has 1 atom stereocenters. The molecule has 1 unspecified atom stereocenters. The molecule has 0 aliphatic rings. The Morgan fingerprint density at radius 3 is 2.19 bits per heavy atom. The van der Waals surface area contributed by atoms with E-state index in [0.29, 0.717) is 17.0 Å². The fourth-order valence-electron chi connectivity index (χ4n) is 2.62. The van der Waals surface area contributed by atoms with Gasteiger partial charge in [0.1, 0.15) is 0 Å². The monoisotopic (exact) mass is 374 g/mol. The average Bonchev–Trinajstić information content (AvgIpc) is 2.58. The Morgan fingerprint density at radius 2 is 1.65 bits per heavy atom. The molecule has 0 aliphatic heterocycles. The van der Waals surface area contributed by atoms with Crippen LogP contribution < -0.4 is 11.1 Å². The van der Waals surface area contributed by atoms with Crippen molar-refractivity contribution < 1.29 is 13.2 Å². The van der Waals surface area contributed by atoms with Crippen LogP contribution in [0.1, 0.15) is 52.9 Å². The normalized spacial score (nSPS) is 12.8. The maximum absolute atomic E-state index is 12.5. The summed E-state index contributed by atoms with van der Waals surface area (Å²) in [6.07, 6.45) is 1.12. The van der Waals surface area contributed by atoms with Crippen molar-refractivity contribution in [3.8, 4) is 0 Å². The molecule has 140 valence electrons. The zero-order valence-electron chi connectivity index (χ0n) is 15.6. The predicted molar refractivity (Wildman–Crippen MR) is 104 cm³/mol. The van der Waals surface area contributed by atoms with E-state index in [1.165, 1.54) is 17.7 Å². The van der Waals surface area contributed by atoms with E-state index in [4.69, 9.17) is 5.73 Å². The standard InChI is InChI=1S/C20H26N2O3S/c1-13(2)15-6-8-16(9-7-15)19(21)12-22-20(23)18-11-17(26(4,24)25)10-5-14(18)3/h5-11,13,19H,12,21H2,1-4H3,(H,22,23). The third-order valence-electron chi connectivity index (χ3n) is 4.40. The van der Waals surface area contributed by atoms with Gasteiger partial charge in [-0.1, -0.05) is 44.2 Å². The van der Waals surface area contributed by atoms with Gasteiger partial charge in [-0.15, -0.1) is 0 Å². The van der Waals surface area contributed by atoms with Crippen molar-refractivity contribution in [2.75, 3.05) is 12.8 Å². The number of nitrogens with one attached hydrogen (secondary N) is 1. The highest BCUT2D eigenvalue weighted by atomic mass is 32.2. The summed E-state index contributed by atoms with van der Waals surface area (Å²) < 4.78 is 23.4. The number of hydrogen-bond acceptors (Lipinski definition) is 4. The minimum Gasteiger partial charge on any atom is -0.350 e. The lowest BCUT2D eigenvalue weighted by molar-refractivity contribution is 0.0950. The van der Waals surface area contributed by atoms with Gasteiger partial charge < -0.3 is 11.1 Å². The molecule has 1 amide bonds. The number of sulfone groups is 1. The van der Waals surface area contributed by atoms with E-state index >= 15 is 0 Å². The van der Waals surface area contributed by atoms with Gasteiger partial charge in [-0.3, -0.25) is 4.79 Å². The van der Waals surface area contributed by atoms with E-state index in [1.54, 1.807) is 13.0 Å². The molecule has 0 heterocycles. The molecule has 0 saturated carbocycles. The first-order chi connectivity index (χ1) is 12.1. The molecule has 2 aromatic carbocycles. The lowest BCUT2D eigenvalue weighted by Gasteiger charge is -2.15. The fraction of sp³-hybridized carbons (Fsp3) is 0.350. The van der Waals surface area contributed by atoms with Crippen molar-refractivity contribution >= 4 is 15.7 Å². The first-order valence-electron chi connectivity index (χ1n) is 8.54. The van der Waals surface area contributed by atoms with E-state index < -0.39 is 9.84 Å². The van der Waals surface area contributed by atoms with Crippen molar-refractivity contribution in [2.45, 2.75) is 37.6 Å². The molecule has 2 aromatic rings. The maximum atomic E-state index is 12.5. The van der Waals surface area contributed by atoms with Crippen LogP contribution >= 0.6 is 0 Å². The first kappa shape index (κ1) is 20.1. The van der Waals surface area contributed by atoms with Crippen LogP contribution in [-0.2, 0) is 9.84 Å². The highest BCUT2D eigenvalue weighted by Gasteiger charge is 2.15. The number of amides is 1. The zero-order valence-corrected chi connectivity index (χ0v) is 16.4. The van der Waals surface area contributed by atoms with E-state index in [-0.39, 0.29) is 23.4 Å². The molecule has 0 fully saturated rings. The zero-order chi connectivity index (χ0) is 19.5. The van der Waals surface area contributed by atoms with E-state index in [9.17, 15) is 13.2 Å². The van der Waals surface area contributed by atoms with Crippen LogP contribution in [0, 0.1) is 6.92 Å². The summed E-state index contributed by atoms with van der Waals surface area (Å²) in [6, 6.07) is 12.2. The molecule has 0 spiro atoms. The first-order valence-corrected chi connectivity index (χ1v) is 10.4. The van der Waals surface area contributed by atoms with Gasteiger partial charge in [0, 0.05) is 24.4 Å². The summed E-state index contributed by atoms with van der Waals surface area (Å²) in [6.45, 7) is 6.29. The second kappa shape index (κ2) is 8.01. The van der Waals surface area contributed by atoms with Crippen molar-refractivity contribution in [3.63, 3.8) is 0 Å². The minimum atomic E-state index is -3.37. The van der Waals surface area contributed by atoms with Crippen molar-refractivity contribution in [1.29, 1.82) is 0 Å². The van der Waals surface area contributed by atoms with Crippen molar-refractivity contribution in [1.82, 2.24) is 5.32 Å². The smallest absolute Gasteiger partial charge is 0.251 e. The van der Waals surface area contributed by atoms with Crippen molar-refractivity contribution in [3.05, 3.63) is 64.7 Å².